The van der Waals surface area contributed by atoms with Crippen molar-refractivity contribution in [2.45, 2.75) is 20.1 Å². The molecule has 0 aliphatic carbocycles. The lowest BCUT2D eigenvalue weighted by atomic mass is 10.2. The molecule has 3 rings (SSSR count). The number of methoxy groups -OCH3 is 1. The number of aromatic amines is 1. The van der Waals surface area contributed by atoms with Crippen LogP contribution in [-0.2, 0) is 22.7 Å². The Bertz CT molecular complexity index is 887. The number of nitrogens with zero attached hydrogens (tertiary/aromatic N) is 1. The molecule has 0 unspecified atom stereocenters. The average Bonchev–Trinajstić information content (AvgIpc) is 3.16. The first kappa shape index (κ1) is 17.0. The second kappa shape index (κ2) is 7.35. The molecule has 8 heteroatoms. The maximum atomic E-state index is 14.2. The van der Waals surface area contributed by atoms with Gasteiger partial charge in [-0.15, -0.1) is 0 Å². The lowest BCUT2D eigenvalue weighted by molar-refractivity contribution is -0.124. The first-order chi connectivity index (χ1) is 12.0. The number of aromatic nitrogens is 2. The van der Waals surface area contributed by atoms with Gasteiger partial charge in [0.25, 0.3) is 0 Å². The van der Waals surface area contributed by atoms with Gasteiger partial charge < -0.3 is 24.3 Å². The molecular weight excluding hydrogens is 329 g/mol. The van der Waals surface area contributed by atoms with Crippen LogP contribution >= 0.6 is 0 Å². The molecule has 7 nitrogen and oxygen atoms in total. The van der Waals surface area contributed by atoms with Crippen molar-refractivity contribution in [1.29, 1.82) is 0 Å². The van der Waals surface area contributed by atoms with E-state index in [4.69, 9.17) is 14.0 Å². The number of amides is 1. The molecule has 3 aromatic rings. The predicted octanol–water partition coefficient (Wildman–Crippen LogP) is 2.45. The summed E-state index contributed by atoms with van der Waals surface area (Å²) in [7, 11) is 1.45. The number of fused-ring (bicyclic) bond motifs is 1. The minimum absolute atomic E-state index is 0.00600. The lowest BCUT2D eigenvalue weighted by Crippen LogP contribution is -2.26. The molecule has 0 aliphatic heterocycles. The fourth-order valence-electron chi connectivity index (χ4n) is 2.41. The number of H-pyrrole nitrogens is 1. The smallest absolute Gasteiger partial charge is 0.246 e. The Morgan fingerprint density at radius 3 is 2.92 bits per heavy atom. The number of aryl methyl sites for hydroxylation is 1. The summed E-state index contributed by atoms with van der Waals surface area (Å²) < 4.78 is 29.4. The van der Waals surface area contributed by atoms with Gasteiger partial charge in [-0.05, 0) is 19.1 Å². The number of hydrogen-bond acceptors (Lipinski definition) is 5. The van der Waals surface area contributed by atoms with E-state index in [1.807, 2.05) is 0 Å². The van der Waals surface area contributed by atoms with Gasteiger partial charge in [0, 0.05) is 35.8 Å². The van der Waals surface area contributed by atoms with Crippen LogP contribution in [0.1, 0.15) is 17.1 Å². The van der Waals surface area contributed by atoms with E-state index >= 15 is 0 Å². The summed E-state index contributed by atoms with van der Waals surface area (Å²) in [5.41, 5.74) is 2.20. The molecule has 0 saturated carbocycles. The minimum atomic E-state index is -0.474. The Kier molecular flexibility index (Phi) is 4.99. The molecule has 2 N–H and O–H groups in total. The van der Waals surface area contributed by atoms with Crippen molar-refractivity contribution in [3.63, 3.8) is 0 Å². The van der Waals surface area contributed by atoms with Crippen molar-refractivity contribution in [2.24, 2.45) is 0 Å². The lowest BCUT2D eigenvalue weighted by Gasteiger charge is -2.05. The van der Waals surface area contributed by atoms with Gasteiger partial charge in [0.15, 0.2) is 17.3 Å². The number of benzene rings is 1. The van der Waals surface area contributed by atoms with Gasteiger partial charge in [-0.2, -0.15) is 0 Å². The third kappa shape index (κ3) is 4.16. The fourth-order valence-corrected chi connectivity index (χ4v) is 2.41. The van der Waals surface area contributed by atoms with Gasteiger partial charge in [-0.3, -0.25) is 4.79 Å². The van der Waals surface area contributed by atoms with Crippen LogP contribution in [0, 0.1) is 12.7 Å². The molecule has 132 valence electrons. The van der Waals surface area contributed by atoms with Crippen LogP contribution in [0.5, 0.6) is 5.75 Å². The number of carbonyl (C=O) groups excluding carboxylic acids is 1. The number of rotatable bonds is 7. The Hall–Kier alpha value is -2.87. The van der Waals surface area contributed by atoms with Crippen LogP contribution in [0.2, 0.25) is 0 Å². The average molecular weight is 347 g/mol. The molecule has 0 fully saturated rings. The minimum Gasteiger partial charge on any atom is -0.482 e. The highest BCUT2D eigenvalue weighted by Gasteiger charge is 2.11. The molecule has 2 aromatic heterocycles. The highest BCUT2D eigenvalue weighted by atomic mass is 19.1. The highest BCUT2D eigenvalue weighted by molar-refractivity contribution is 5.82. The summed E-state index contributed by atoms with van der Waals surface area (Å²) in [6.45, 7) is 2.18. The molecular formula is C17H18FN3O4. The quantitative estimate of drug-likeness (QED) is 0.685. The second-order valence-corrected chi connectivity index (χ2v) is 5.60. The van der Waals surface area contributed by atoms with E-state index in [0.29, 0.717) is 23.2 Å². The van der Waals surface area contributed by atoms with E-state index in [9.17, 15) is 9.18 Å². The Labute approximate surface area is 143 Å². The van der Waals surface area contributed by atoms with Gasteiger partial charge in [-0.1, -0.05) is 5.16 Å². The van der Waals surface area contributed by atoms with Gasteiger partial charge in [0.1, 0.15) is 13.2 Å². The Morgan fingerprint density at radius 2 is 2.20 bits per heavy atom. The molecule has 0 spiro atoms. The standard InChI is InChI=1S/C17H18FN3O4/c1-10-3-13(25-21-10)8-24-16-6-15-11(5-14(16)18)4-12(20-15)7-19-17(22)9-23-2/h3-6,20H,7-9H2,1-2H3,(H,19,22). The maximum Gasteiger partial charge on any atom is 0.246 e. The molecule has 0 saturated heterocycles. The predicted molar refractivity (Wildman–Crippen MR) is 87.6 cm³/mol. The van der Waals surface area contributed by atoms with Gasteiger partial charge in [-0.25, -0.2) is 4.39 Å². The SMILES string of the molecule is COCC(=O)NCc1cc2cc(F)c(OCc3cc(C)no3)cc2[nH]1. The Balaban J connectivity index is 1.70. The van der Waals surface area contributed by atoms with Crippen LogP contribution in [0.15, 0.2) is 28.8 Å². The number of hydrogen-bond donors (Lipinski definition) is 2. The Morgan fingerprint density at radius 1 is 1.36 bits per heavy atom. The molecule has 1 aromatic carbocycles. The van der Waals surface area contributed by atoms with Gasteiger partial charge >= 0.3 is 0 Å². The molecule has 1 amide bonds. The van der Waals surface area contributed by atoms with Crippen molar-refractivity contribution in [3.8, 4) is 5.75 Å². The van der Waals surface area contributed by atoms with Crippen molar-refractivity contribution in [2.75, 3.05) is 13.7 Å². The zero-order valence-electron chi connectivity index (χ0n) is 13.9. The summed E-state index contributed by atoms with van der Waals surface area (Å²) in [5.74, 6) is -0.0696. The molecule has 0 radical (unpaired) electrons. The molecule has 25 heavy (non-hydrogen) atoms. The van der Waals surface area contributed by atoms with Crippen LogP contribution in [0.25, 0.3) is 10.9 Å². The largest absolute Gasteiger partial charge is 0.482 e. The molecule has 0 bridgehead atoms. The number of nitrogens with one attached hydrogen (secondary N) is 2. The van der Waals surface area contributed by atoms with E-state index in [0.717, 1.165) is 11.4 Å². The molecule has 2 heterocycles. The fraction of sp³-hybridized carbons (Fsp3) is 0.294. The highest BCUT2D eigenvalue weighted by Crippen LogP contribution is 2.26. The maximum absolute atomic E-state index is 14.2. The normalized spacial score (nSPS) is 11.0. The third-order valence-electron chi connectivity index (χ3n) is 3.53. The van der Waals surface area contributed by atoms with Crippen LogP contribution in [-0.4, -0.2) is 29.8 Å². The zero-order valence-corrected chi connectivity index (χ0v) is 13.9. The van der Waals surface area contributed by atoms with E-state index in [1.54, 1.807) is 25.1 Å². The van der Waals surface area contributed by atoms with Crippen LogP contribution < -0.4 is 10.1 Å². The summed E-state index contributed by atoms with van der Waals surface area (Å²) in [6, 6.07) is 6.46. The van der Waals surface area contributed by atoms with E-state index in [2.05, 4.69) is 15.5 Å². The van der Waals surface area contributed by atoms with Crippen molar-refractivity contribution >= 4 is 16.8 Å². The van der Waals surface area contributed by atoms with Gasteiger partial charge in [0.05, 0.1) is 12.2 Å². The number of halogens is 1. The topological polar surface area (TPSA) is 89.4 Å². The first-order valence-electron chi connectivity index (χ1n) is 7.67. The summed E-state index contributed by atoms with van der Waals surface area (Å²) in [4.78, 5) is 14.5. The van der Waals surface area contributed by atoms with Crippen LogP contribution in [0.4, 0.5) is 4.39 Å². The monoisotopic (exact) mass is 347 g/mol. The van der Waals surface area contributed by atoms with Gasteiger partial charge in [0.2, 0.25) is 5.91 Å². The second-order valence-electron chi connectivity index (χ2n) is 5.60. The van der Waals surface area contributed by atoms with Crippen molar-refractivity contribution < 1.29 is 23.2 Å². The molecule has 0 aliphatic rings. The number of carbonyl (C=O) groups is 1. The zero-order chi connectivity index (χ0) is 17.8. The summed E-state index contributed by atoms with van der Waals surface area (Å²) >= 11 is 0. The van der Waals surface area contributed by atoms with E-state index < -0.39 is 5.82 Å². The summed E-state index contributed by atoms with van der Waals surface area (Å²) in [6.07, 6.45) is 0. The number of ether oxygens (including phenoxy) is 2. The van der Waals surface area contributed by atoms with Crippen molar-refractivity contribution in [1.82, 2.24) is 15.5 Å². The third-order valence-corrected chi connectivity index (χ3v) is 3.53. The first-order valence-corrected chi connectivity index (χ1v) is 7.67. The summed E-state index contributed by atoms with van der Waals surface area (Å²) in [5, 5.41) is 7.14. The molecule has 0 atom stereocenters. The van der Waals surface area contributed by atoms with Crippen molar-refractivity contribution in [3.05, 3.63) is 47.2 Å². The van der Waals surface area contributed by atoms with E-state index in [1.165, 1.54) is 13.2 Å². The van der Waals surface area contributed by atoms with Crippen LogP contribution in [0.3, 0.4) is 0 Å². The van der Waals surface area contributed by atoms with E-state index in [-0.39, 0.29) is 24.9 Å².